The molecule has 5 heteroatoms. The van der Waals surface area contributed by atoms with Crippen LogP contribution in [-0.4, -0.2) is 33.8 Å². The Labute approximate surface area is 114 Å². The molecule has 106 valence electrons. The Kier molecular flexibility index (Phi) is 4.58. The second-order valence-corrected chi connectivity index (χ2v) is 5.27. The van der Waals surface area contributed by atoms with E-state index in [1.165, 1.54) is 0 Å². The monoisotopic (exact) mass is 264 g/mol. The van der Waals surface area contributed by atoms with Gasteiger partial charge in [0.05, 0.1) is 6.10 Å². The van der Waals surface area contributed by atoms with Crippen molar-refractivity contribution in [2.45, 2.75) is 58.6 Å². The molecule has 0 bridgehead atoms. The van der Waals surface area contributed by atoms with E-state index in [1.807, 2.05) is 13.8 Å². The second-order valence-electron chi connectivity index (χ2n) is 5.27. The van der Waals surface area contributed by atoms with Crippen LogP contribution in [-0.2, 0) is 0 Å². The molecule has 0 amide bonds. The molecule has 3 N–H and O–H groups in total. The molecule has 1 heterocycles. The van der Waals surface area contributed by atoms with Crippen molar-refractivity contribution in [3.63, 3.8) is 0 Å². The topological polar surface area (TPSA) is 70.1 Å². The molecule has 1 aromatic heterocycles. The minimum Gasteiger partial charge on any atom is -0.393 e. The maximum absolute atomic E-state index is 9.54. The summed E-state index contributed by atoms with van der Waals surface area (Å²) in [6.07, 6.45) is 3.63. The summed E-state index contributed by atoms with van der Waals surface area (Å²) < 4.78 is 0. The van der Waals surface area contributed by atoms with E-state index in [4.69, 9.17) is 0 Å². The molecule has 0 unspecified atom stereocenters. The van der Waals surface area contributed by atoms with Gasteiger partial charge in [0.15, 0.2) is 0 Å². The zero-order valence-corrected chi connectivity index (χ0v) is 12.0. The number of aliphatic hydroxyl groups is 1. The number of rotatable bonds is 4. The van der Waals surface area contributed by atoms with Gasteiger partial charge in [-0.05, 0) is 46.5 Å². The highest BCUT2D eigenvalue weighted by Gasteiger charge is 2.20. The van der Waals surface area contributed by atoms with Crippen molar-refractivity contribution in [2.75, 3.05) is 17.2 Å². The average molecular weight is 264 g/mol. The van der Waals surface area contributed by atoms with E-state index in [-0.39, 0.29) is 6.10 Å². The average Bonchev–Trinajstić information content (AvgIpc) is 2.38. The number of aliphatic hydroxyl groups excluding tert-OH is 1. The highest BCUT2D eigenvalue weighted by atomic mass is 16.3. The van der Waals surface area contributed by atoms with Gasteiger partial charge in [-0.25, -0.2) is 9.97 Å². The molecule has 2 rings (SSSR count). The van der Waals surface area contributed by atoms with Gasteiger partial charge in [0.1, 0.15) is 17.5 Å². The van der Waals surface area contributed by atoms with E-state index in [0.29, 0.717) is 6.04 Å². The maximum atomic E-state index is 9.54. The van der Waals surface area contributed by atoms with Gasteiger partial charge in [-0.15, -0.1) is 0 Å². The third kappa shape index (κ3) is 3.56. The summed E-state index contributed by atoms with van der Waals surface area (Å²) in [5.74, 6) is 2.61. The van der Waals surface area contributed by atoms with Gasteiger partial charge in [0.25, 0.3) is 0 Å². The number of nitrogens with zero attached hydrogens (tertiary/aromatic N) is 2. The van der Waals surface area contributed by atoms with Crippen molar-refractivity contribution >= 4 is 11.6 Å². The van der Waals surface area contributed by atoms with Crippen LogP contribution < -0.4 is 10.6 Å². The third-order valence-electron chi connectivity index (χ3n) is 3.64. The van der Waals surface area contributed by atoms with Crippen LogP contribution in [0.5, 0.6) is 0 Å². The standard InChI is InChI=1S/C14H24N4O/c1-4-15-13-9(2)14(17-10(3)16-13)18-11-5-7-12(19)8-6-11/h11-12,19H,4-8H2,1-3H3,(H2,15,16,17,18). The molecule has 1 saturated carbocycles. The molecule has 5 nitrogen and oxygen atoms in total. The lowest BCUT2D eigenvalue weighted by Gasteiger charge is -2.27. The third-order valence-corrected chi connectivity index (χ3v) is 3.64. The van der Waals surface area contributed by atoms with Crippen LogP contribution in [0.25, 0.3) is 0 Å². The van der Waals surface area contributed by atoms with Crippen LogP contribution in [0.2, 0.25) is 0 Å². The lowest BCUT2D eigenvalue weighted by Crippen LogP contribution is -2.29. The van der Waals surface area contributed by atoms with Crippen LogP contribution in [0.1, 0.15) is 44.0 Å². The van der Waals surface area contributed by atoms with Gasteiger partial charge in [0.2, 0.25) is 0 Å². The summed E-state index contributed by atoms with van der Waals surface area (Å²) in [4.78, 5) is 8.93. The van der Waals surface area contributed by atoms with Crippen LogP contribution >= 0.6 is 0 Å². The number of aryl methyl sites for hydroxylation is 1. The Morgan fingerprint density at radius 2 is 1.74 bits per heavy atom. The summed E-state index contributed by atoms with van der Waals surface area (Å²) >= 11 is 0. The lowest BCUT2D eigenvalue weighted by molar-refractivity contribution is 0.126. The van der Waals surface area contributed by atoms with Crippen molar-refractivity contribution in [2.24, 2.45) is 0 Å². The Balaban J connectivity index is 2.11. The van der Waals surface area contributed by atoms with Crippen LogP contribution in [0, 0.1) is 13.8 Å². The predicted octanol–water partition coefficient (Wildman–Crippen LogP) is 2.24. The molecular formula is C14H24N4O. The Morgan fingerprint density at radius 3 is 2.37 bits per heavy atom. The van der Waals surface area contributed by atoms with E-state index < -0.39 is 0 Å². The van der Waals surface area contributed by atoms with E-state index >= 15 is 0 Å². The molecule has 1 aliphatic rings. The summed E-state index contributed by atoms with van der Waals surface area (Å²) in [7, 11) is 0. The van der Waals surface area contributed by atoms with Gasteiger partial charge >= 0.3 is 0 Å². The molecule has 0 saturated heterocycles. The van der Waals surface area contributed by atoms with Crippen molar-refractivity contribution in [3.8, 4) is 0 Å². The Hall–Kier alpha value is -1.36. The summed E-state index contributed by atoms with van der Waals surface area (Å²) in [5.41, 5.74) is 1.07. The summed E-state index contributed by atoms with van der Waals surface area (Å²) in [6.45, 7) is 6.87. The number of anilines is 2. The minimum absolute atomic E-state index is 0.122. The van der Waals surface area contributed by atoms with Gasteiger partial charge in [-0.2, -0.15) is 0 Å². The number of hydrogen-bond donors (Lipinski definition) is 3. The highest BCUT2D eigenvalue weighted by molar-refractivity contribution is 5.57. The SMILES string of the molecule is CCNc1nc(C)nc(NC2CCC(O)CC2)c1C. The summed E-state index contributed by atoms with van der Waals surface area (Å²) in [5, 5.41) is 16.3. The molecule has 0 atom stereocenters. The minimum atomic E-state index is -0.122. The van der Waals surface area contributed by atoms with Crippen molar-refractivity contribution in [3.05, 3.63) is 11.4 Å². The molecule has 0 radical (unpaired) electrons. The van der Waals surface area contributed by atoms with Gasteiger partial charge in [-0.3, -0.25) is 0 Å². The largest absolute Gasteiger partial charge is 0.393 e. The Bertz CT molecular complexity index is 428. The molecule has 0 spiro atoms. The van der Waals surface area contributed by atoms with Crippen LogP contribution in [0.15, 0.2) is 0 Å². The fourth-order valence-electron chi connectivity index (χ4n) is 2.52. The van der Waals surface area contributed by atoms with E-state index in [0.717, 1.165) is 55.3 Å². The maximum Gasteiger partial charge on any atom is 0.134 e. The summed E-state index contributed by atoms with van der Waals surface area (Å²) in [6, 6.07) is 0.408. The quantitative estimate of drug-likeness (QED) is 0.778. The van der Waals surface area contributed by atoms with Crippen molar-refractivity contribution in [1.29, 1.82) is 0 Å². The first-order valence-electron chi connectivity index (χ1n) is 7.13. The first kappa shape index (κ1) is 14.1. The first-order valence-corrected chi connectivity index (χ1v) is 7.13. The molecule has 19 heavy (non-hydrogen) atoms. The van der Waals surface area contributed by atoms with Crippen LogP contribution in [0.3, 0.4) is 0 Å². The van der Waals surface area contributed by atoms with Crippen molar-refractivity contribution in [1.82, 2.24) is 9.97 Å². The zero-order valence-electron chi connectivity index (χ0n) is 12.0. The first-order chi connectivity index (χ1) is 9.10. The fourth-order valence-corrected chi connectivity index (χ4v) is 2.52. The van der Waals surface area contributed by atoms with E-state index in [9.17, 15) is 5.11 Å². The number of nitrogens with one attached hydrogen (secondary N) is 2. The lowest BCUT2D eigenvalue weighted by atomic mass is 9.93. The molecule has 1 fully saturated rings. The second kappa shape index (κ2) is 6.19. The van der Waals surface area contributed by atoms with Gasteiger partial charge < -0.3 is 15.7 Å². The smallest absolute Gasteiger partial charge is 0.134 e. The fraction of sp³-hybridized carbons (Fsp3) is 0.714. The van der Waals surface area contributed by atoms with Crippen LogP contribution in [0.4, 0.5) is 11.6 Å². The molecule has 0 aromatic carbocycles. The van der Waals surface area contributed by atoms with E-state index in [2.05, 4.69) is 27.5 Å². The Morgan fingerprint density at radius 1 is 1.11 bits per heavy atom. The molecular weight excluding hydrogens is 240 g/mol. The highest BCUT2D eigenvalue weighted by Crippen LogP contribution is 2.25. The zero-order chi connectivity index (χ0) is 13.8. The molecule has 0 aliphatic heterocycles. The molecule has 1 aromatic rings. The number of hydrogen-bond acceptors (Lipinski definition) is 5. The van der Waals surface area contributed by atoms with E-state index in [1.54, 1.807) is 0 Å². The van der Waals surface area contributed by atoms with Gasteiger partial charge in [-0.1, -0.05) is 0 Å². The normalized spacial score (nSPS) is 23.2. The predicted molar refractivity (Wildman–Crippen MR) is 77.6 cm³/mol. The number of aromatic nitrogens is 2. The van der Waals surface area contributed by atoms with Gasteiger partial charge in [0, 0.05) is 18.2 Å². The van der Waals surface area contributed by atoms with Crippen molar-refractivity contribution < 1.29 is 5.11 Å². The molecule has 1 aliphatic carbocycles.